The Morgan fingerprint density at radius 3 is 3.08 bits per heavy atom. The maximum absolute atomic E-state index is 6.07. The van der Waals surface area contributed by atoms with Crippen LogP contribution in [0.3, 0.4) is 0 Å². The summed E-state index contributed by atoms with van der Waals surface area (Å²) in [4.78, 5) is 0.383. The summed E-state index contributed by atoms with van der Waals surface area (Å²) in [6.07, 6.45) is 1.01. The van der Waals surface area contributed by atoms with Gasteiger partial charge >= 0.3 is 0 Å². The van der Waals surface area contributed by atoms with Crippen LogP contribution in [0.1, 0.15) is 22.4 Å². The van der Waals surface area contributed by atoms with Crippen molar-refractivity contribution >= 4 is 27.5 Å². The molecule has 70 valence electrons. The first-order chi connectivity index (χ1) is 6.18. The van der Waals surface area contributed by atoms with Gasteiger partial charge in [-0.3, -0.25) is 0 Å². The van der Waals surface area contributed by atoms with Gasteiger partial charge in [0, 0.05) is 10.4 Å². The number of alkyl halides is 1. The maximum Gasteiger partial charge on any atom is 0.142 e. The zero-order valence-corrected chi connectivity index (χ0v) is 9.65. The standard InChI is InChI=1S/C10H10BrClO/c1-6-4-7-8(11)2-3-13-10(7)9(12)5-6/h4-5,8H,2-3H2,1H3. The van der Waals surface area contributed by atoms with E-state index in [2.05, 4.69) is 22.0 Å². The van der Waals surface area contributed by atoms with E-state index in [0.717, 1.165) is 23.8 Å². The van der Waals surface area contributed by atoms with Crippen LogP contribution in [-0.4, -0.2) is 6.61 Å². The molecule has 1 aromatic carbocycles. The molecule has 2 rings (SSSR count). The van der Waals surface area contributed by atoms with E-state index in [4.69, 9.17) is 16.3 Å². The second-order valence-electron chi connectivity index (χ2n) is 3.27. The monoisotopic (exact) mass is 260 g/mol. The average Bonchev–Trinajstić information content (AvgIpc) is 2.07. The molecule has 0 aromatic heterocycles. The fourth-order valence-corrected chi connectivity index (χ4v) is 2.42. The van der Waals surface area contributed by atoms with Crippen LogP contribution >= 0.6 is 27.5 Å². The highest BCUT2D eigenvalue weighted by atomic mass is 79.9. The first-order valence-electron chi connectivity index (χ1n) is 4.25. The normalized spacial score (nSPS) is 20.7. The van der Waals surface area contributed by atoms with Gasteiger partial charge in [-0.15, -0.1) is 0 Å². The number of benzene rings is 1. The van der Waals surface area contributed by atoms with Crippen LogP contribution in [0.5, 0.6) is 5.75 Å². The lowest BCUT2D eigenvalue weighted by Crippen LogP contribution is -2.10. The van der Waals surface area contributed by atoms with Crippen molar-refractivity contribution < 1.29 is 4.74 Å². The van der Waals surface area contributed by atoms with Crippen LogP contribution < -0.4 is 4.74 Å². The van der Waals surface area contributed by atoms with E-state index in [9.17, 15) is 0 Å². The predicted molar refractivity (Wildman–Crippen MR) is 58.0 cm³/mol. The van der Waals surface area contributed by atoms with Crippen molar-refractivity contribution in [1.29, 1.82) is 0 Å². The summed E-state index contributed by atoms with van der Waals surface area (Å²) in [6.45, 7) is 2.78. The summed E-state index contributed by atoms with van der Waals surface area (Å²) in [5.41, 5.74) is 2.36. The molecule has 1 aliphatic heterocycles. The van der Waals surface area contributed by atoms with Crippen molar-refractivity contribution in [2.45, 2.75) is 18.2 Å². The zero-order valence-electron chi connectivity index (χ0n) is 7.31. The highest BCUT2D eigenvalue weighted by molar-refractivity contribution is 9.09. The van der Waals surface area contributed by atoms with Crippen LogP contribution in [0, 0.1) is 6.92 Å². The molecule has 0 spiro atoms. The lowest BCUT2D eigenvalue weighted by molar-refractivity contribution is 0.287. The number of hydrogen-bond acceptors (Lipinski definition) is 1. The van der Waals surface area contributed by atoms with E-state index in [1.54, 1.807) is 0 Å². The van der Waals surface area contributed by atoms with Crippen molar-refractivity contribution in [2.24, 2.45) is 0 Å². The van der Waals surface area contributed by atoms with Crippen molar-refractivity contribution in [3.63, 3.8) is 0 Å². The Labute approximate surface area is 91.2 Å². The SMILES string of the molecule is Cc1cc(Cl)c2c(c1)C(Br)CCO2. The first kappa shape index (κ1) is 9.35. The molecule has 0 N–H and O–H groups in total. The van der Waals surface area contributed by atoms with Gasteiger partial charge in [0.25, 0.3) is 0 Å². The number of fused-ring (bicyclic) bond motifs is 1. The Hall–Kier alpha value is -0.210. The molecule has 0 fully saturated rings. The van der Waals surface area contributed by atoms with Gasteiger partial charge in [-0.25, -0.2) is 0 Å². The van der Waals surface area contributed by atoms with Crippen LogP contribution in [0.4, 0.5) is 0 Å². The van der Waals surface area contributed by atoms with E-state index >= 15 is 0 Å². The van der Waals surface area contributed by atoms with Gasteiger partial charge in [-0.1, -0.05) is 33.6 Å². The van der Waals surface area contributed by atoms with E-state index in [0.29, 0.717) is 4.83 Å². The smallest absolute Gasteiger partial charge is 0.142 e. The molecule has 0 amide bonds. The van der Waals surface area contributed by atoms with Crippen molar-refractivity contribution in [2.75, 3.05) is 6.61 Å². The fourth-order valence-electron chi connectivity index (χ4n) is 1.56. The number of halogens is 2. The van der Waals surface area contributed by atoms with Gasteiger partial charge in [0.15, 0.2) is 0 Å². The van der Waals surface area contributed by atoms with E-state index in [1.165, 1.54) is 11.1 Å². The molecule has 1 aromatic rings. The Bertz CT molecular complexity index is 338. The van der Waals surface area contributed by atoms with Crippen LogP contribution in [0.15, 0.2) is 12.1 Å². The predicted octanol–water partition coefficient (Wildman–Crippen LogP) is 3.87. The molecule has 1 nitrogen and oxygen atoms in total. The van der Waals surface area contributed by atoms with Gasteiger partial charge in [0.1, 0.15) is 5.75 Å². The Kier molecular flexibility index (Phi) is 2.52. The average molecular weight is 262 g/mol. The van der Waals surface area contributed by atoms with Crippen LogP contribution in [0.2, 0.25) is 5.02 Å². The maximum atomic E-state index is 6.07. The summed E-state index contributed by atoms with van der Waals surface area (Å²) in [5.74, 6) is 0.848. The Morgan fingerprint density at radius 2 is 2.31 bits per heavy atom. The number of rotatable bonds is 0. The third-order valence-electron chi connectivity index (χ3n) is 2.17. The third kappa shape index (κ3) is 1.70. The minimum atomic E-state index is 0.383. The summed E-state index contributed by atoms with van der Waals surface area (Å²) in [5, 5.41) is 0.721. The molecule has 0 saturated heterocycles. The molecule has 0 bridgehead atoms. The van der Waals surface area contributed by atoms with Crippen LogP contribution in [-0.2, 0) is 0 Å². The minimum absolute atomic E-state index is 0.383. The molecule has 1 atom stereocenters. The molecule has 1 aliphatic rings. The number of ether oxygens (including phenoxy) is 1. The second kappa shape index (κ2) is 3.50. The molecule has 1 heterocycles. The highest BCUT2D eigenvalue weighted by Crippen LogP contribution is 2.42. The third-order valence-corrected chi connectivity index (χ3v) is 3.40. The van der Waals surface area contributed by atoms with E-state index < -0.39 is 0 Å². The van der Waals surface area contributed by atoms with E-state index in [-0.39, 0.29) is 0 Å². The van der Waals surface area contributed by atoms with Crippen LogP contribution in [0.25, 0.3) is 0 Å². The quantitative estimate of drug-likeness (QED) is 0.644. The lowest BCUT2D eigenvalue weighted by atomic mass is 10.0. The highest BCUT2D eigenvalue weighted by Gasteiger charge is 2.21. The van der Waals surface area contributed by atoms with Crippen molar-refractivity contribution in [3.8, 4) is 5.75 Å². The van der Waals surface area contributed by atoms with Gasteiger partial charge in [-0.05, 0) is 25.0 Å². The van der Waals surface area contributed by atoms with Gasteiger partial charge < -0.3 is 4.74 Å². The zero-order chi connectivity index (χ0) is 9.42. The van der Waals surface area contributed by atoms with Gasteiger partial charge in [-0.2, -0.15) is 0 Å². The molecule has 13 heavy (non-hydrogen) atoms. The van der Waals surface area contributed by atoms with Crippen molar-refractivity contribution in [3.05, 3.63) is 28.3 Å². The van der Waals surface area contributed by atoms with E-state index in [1.807, 2.05) is 13.0 Å². The number of hydrogen-bond donors (Lipinski definition) is 0. The summed E-state index contributed by atoms with van der Waals surface area (Å²) in [7, 11) is 0. The second-order valence-corrected chi connectivity index (χ2v) is 4.78. The summed E-state index contributed by atoms with van der Waals surface area (Å²) >= 11 is 9.68. The summed E-state index contributed by atoms with van der Waals surface area (Å²) in [6, 6.07) is 4.06. The lowest BCUT2D eigenvalue weighted by Gasteiger charge is -2.23. The molecule has 0 saturated carbocycles. The molecular weight excluding hydrogens is 251 g/mol. The van der Waals surface area contributed by atoms with Gasteiger partial charge in [0.05, 0.1) is 11.6 Å². The fraction of sp³-hybridized carbons (Fsp3) is 0.400. The molecule has 0 radical (unpaired) electrons. The minimum Gasteiger partial charge on any atom is -0.492 e. The Balaban J connectivity index is 2.56. The number of aryl methyl sites for hydroxylation is 1. The molecular formula is C10H10BrClO. The topological polar surface area (TPSA) is 9.23 Å². The van der Waals surface area contributed by atoms with Gasteiger partial charge in [0.2, 0.25) is 0 Å². The summed E-state index contributed by atoms with van der Waals surface area (Å²) < 4.78 is 5.52. The molecule has 3 heteroatoms. The first-order valence-corrected chi connectivity index (χ1v) is 5.55. The molecule has 0 aliphatic carbocycles. The molecule has 1 unspecified atom stereocenters. The largest absolute Gasteiger partial charge is 0.492 e. The van der Waals surface area contributed by atoms with Crippen molar-refractivity contribution in [1.82, 2.24) is 0 Å². The Morgan fingerprint density at radius 1 is 1.54 bits per heavy atom.